The smallest absolute Gasteiger partial charge is 0.360 e. The van der Waals surface area contributed by atoms with E-state index in [2.05, 4.69) is 22.0 Å². The van der Waals surface area contributed by atoms with Crippen LogP contribution in [0.4, 0.5) is 5.69 Å². The summed E-state index contributed by atoms with van der Waals surface area (Å²) in [6.07, 6.45) is 3.95. The van der Waals surface area contributed by atoms with Crippen molar-refractivity contribution in [3.05, 3.63) is 48.2 Å². The lowest BCUT2D eigenvalue weighted by molar-refractivity contribution is 0.0426. The molecule has 132 valence electrons. The Morgan fingerprint density at radius 1 is 1.28 bits per heavy atom. The van der Waals surface area contributed by atoms with Crippen molar-refractivity contribution in [1.29, 1.82) is 0 Å². The maximum atomic E-state index is 12.4. The molecular weight excluding hydrogens is 320 g/mol. The van der Waals surface area contributed by atoms with Crippen LogP contribution in [0.2, 0.25) is 0 Å². The van der Waals surface area contributed by atoms with Gasteiger partial charge in [-0.1, -0.05) is 18.2 Å². The van der Waals surface area contributed by atoms with Gasteiger partial charge in [0.1, 0.15) is 6.10 Å². The van der Waals surface area contributed by atoms with E-state index in [1.807, 2.05) is 18.2 Å². The summed E-state index contributed by atoms with van der Waals surface area (Å²) in [4.78, 5) is 18.7. The van der Waals surface area contributed by atoms with Crippen LogP contribution in [0.25, 0.3) is 0 Å². The number of hydrogen-bond donors (Lipinski definition) is 0. The Labute approximate surface area is 146 Å². The molecule has 0 N–H and O–H groups in total. The molecule has 2 atom stereocenters. The van der Waals surface area contributed by atoms with Crippen molar-refractivity contribution in [2.75, 3.05) is 31.2 Å². The van der Waals surface area contributed by atoms with Gasteiger partial charge in [-0.15, -0.1) is 0 Å². The highest BCUT2D eigenvalue weighted by molar-refractivity contribution is 5.88. The van der Waals surface area contributed by atoms with Gasteiger partial charge in [-0.3, -0.25) is 0 Å². The number of aromatic nitrogens is 1. The lowest BCUT2D eigenvalue weighted by atomic mass is 10.1. The van der Waals surface area contributed by atoms with Gasteiger partial charge in [-0.25, -0.2) is 9.78 Å². The first-order valence-corrected chi connectivity index (χ1v) is 8.83. The van der Waals surface area contributed by atoms with E-state index >= 15 is 0 Å². The molecule has 1 aromatic carbocycles. The molecule has 3 heterocycles. The number of benzene rings is 1. The summed E-state index contributed by atoms with van der Waals surface area (Å²) < 4.78 is 16.5. The predicted molar refractivity (Wildman–Crippen MR) is 91.5 cm³/mol. The minimum Gasteiger partial charge on any atom is -0.461 e. The Balaban J connectivity index is 1.32. The fourth-order valence-corrected chi connectivity index (χ4v) is 3.53. The van der Waals surface area contributed by atoms with Crippen LogP contribution < -0.4 is 4.90 Å². The van der Waals surface area contributed by atoms with Crippen molar-refractivity contribution in [2.45, 2.75) is 25.4 Å². The molecule has 0 spiro atoms. The summed E-state index contributed by atoms with van der Waals surface area (Å²) in [6, 6.07) is 10.3. The third-order valence-corrected chi connectivity index (χ3v) is 4.87. The molecule has 2 saturated heterocycles. The van der Waals surface area contributed by atoms with Crippen LogP contribution in [-0.2, 0) is 9.47 Å². The van der Waals surface area contributed by atoms with Crippen LogP contribution in [0.5, 0.6) is 0 Å². The maximum absolute atomic E-state index is 12.4. The number of esters is 1. The first-order chi connectivity index (χ1) is 12.3. The SMILES string of the molecule is O=C(OC[C@@H]1CCN(c2ccccc2)C1)c1ncoc1[C@H]1CCCO1. The second-order valence-electron chi connectivity index (χ2n) is 6.60. The Bertz CT molecular complexity index is 709. The minimum atomic E-state index is -0.419. The van der Waals surface area contributed by atoms with Crippen LogP contribution in [0.3, 0.4) is 0 Å². The average molecular weight is 342 g/mol. The molecule has 4 rings (SSSR count). The van der Waals surface area contributed by atoms with E-state index < -0.39 is 5.97 Å². The Hall–Kier alpha value is -2.34. The molecule has 6 nitrogen and oxygen atoms in total. The normalized spacial score (nSPS) is 23.1. The molecule has 2 aliphatic rings. The number of oxazole rings is 1. The molecule has 2 fully saturated rings. The summed E-state index contributed by atoms with van der Waals surface area (Å²) >= 11 is 0. The van der Waals surface area contributed by atoms with Gasteiger partial charge in [-0.05, 0) is 31.4 Å². The lowest BCUT2D eigenvalue weighted by Crippen LogP contribution is -2.22. The number of carbonyl (C=O) groups is 1. The fraction of sp³-hybridized carbons (Fsp3) is 0.474. The Morgan fingerprint density at radius 3 is 2.96 bits per heavy atom. The first-order valence-electron chi connectivity index (χ1n) is 8.83. The Morgan fingerprint density at radius 2 is 2.16 bits per heavy atom. The molecule has 0 aliphatic carbocycles. The molecule has 0 radical (unpaired) electrons. The maximum Gasteiger partial charge on any atom is 0.360 e. The minimum absolute atomic E-state index is 0.176. The zero-order chi connectivity index (χ0) is 17.1. The number of anilines is 1. The van der Waals surface area contributed by atoms with Gasteiger partial charge in [0, 0.05) is 31.3 Å². The van der Waals surface area contributed by atoms with Gasteiger partial charge in [0.15, 0.2) is 17.8 Å². The van der Waals surface area contributed by atoms with Crippen molar-refractivity contribution < 1.29 is 18.7 Å². The molecule has 6 heteroatoms. The number of carbonyl (C=O) groups excluding carboxylic acids is 1. The first kappa shape index (κ1) is 16.1. The van der Waals surface area contributed by atoms with Crippen molar-refractivity contribution in [3.8, 4) is 0 Å². The van der Waals surface area contributed by atoms with Crippen molar-refractivity contribution >= 4 is 11.7 Å². The van der Waals surface area contributed by atoms with Gasteiger partial charge >= 0.3 is 5.97 Å². The average Bonchev–Trinajstić information content (AvgIpc) is 3.41. The molecule has 0 bridgehead atoms. The topological polar surface area (TPSA) is 64.8 Å². The summed E-state index contributed by atoms with van der Waals surface area (Å²) in [7, 11) is 0. The summed E-state index contributed by atoms with van der Waals surface area (Å²) in [5, 5.41) is 0. The second kappa shape index (κ2) is 7.27. The number of rotatable bonds is 5. The second-order valence-corrected chi connectivity index (χ2v) is 6.60. The highest BCUT2D eigenvalue weighted by Gasteiger charge is 2.30. The van der Waals surface area contributed by atoms with Gasteiger partial charge in [-0.2, -0.15) is 0 Å². The molecule has 2 aromatic rings. The predicted octanol–water partition coefficient (Wildman–Crippen LogP) is 3.21. The zero-order valence-electron chi connectivity index (χ0n) is 14.1. The van der Waals surface area contributed by atoms with Gasteiger partial charge in [0.25, 0.3) is 0 Å². The van der Waals surface area contributed by atoms with E-state index in [1.165, 1.54) is 12.1 Å². The summed E-state index contributed by atoms with van der Waals surface area (Å²) in [5.74, 6) is 0.416. The van der Waals surface area contributed by atoms with Crippen molar-refractivity contribution in [3.63, 3.8) is 0 Å². The highest BCUT2D eigenvalue weighted by Crippen LogP contribution is 2.31. The fourth-order valence-electron chi connectivity index (χ4n) is 3.53. The molecule has 0 amide bonds. The third-order valence-electron chi connectivity index (χ3n) is 4.87. The molecule has 0 unspecified atom stereocenters. The quantitative estimate of drug-likeness (QED) is 0.778. The number of nitrogens with zero attached hydrogens (tertiary/aromatic N) is 2. The number of hydrogen-bond acceptors (Lipinski definition) is 6. The van der Waals surface area contributed by atoms with E-state index in [4.69, 9.17) is 13.9 Å². The van der Waals surface area contributed by atoms with Gasteiger partial charge in [0.05, 0.1) is 6.61 Å². The van der Waals surface area contributed by atoms with Gasteiger partial charge < -0.3 is 18.8 Å². The molecule has 25 heavy (non-hydrogen) atoms. The summed E-state index contributed by atoms with van der Waals surface area (Å²) in [6.45, 7) is 2.98. The summed E-state index contributed by atoms with van der Waals surface area (Å²) in [5.41, 5.74) is 1.47. The van der Waals surface area contributed by atoms with Crippen LogP contribution in [-0.4, -0.2) is 37.3 Å². The Kier molecular flexibility index (Phi) is 4.70. The molecule has 1 aromatic heterocycles. The van der Waals surface area contributed by atoms with Crippen molar-refractivity contribution in [1.82, 2.24) is 4.98 Å². The van der Waals surface area contributed by atoms with Crippen molar-refractivity contribution in [2.24, 2.45) is 5.92 Å². The van der Waals surface area contributed by atoms with E-state index in [1.54, 1.807) is 0 Å². The number of para-hydroxylation sites is 1. The van der Waals surface area contributed by atoms with E-state index in [9.17, 15) is 4.79 Å². The van der Waals surface area contributed by atoms with E-state index in [-0.39, 0.29) is 11.8 Å². The molecule has 0 saturated carbocycles. The van der Waals surface area contributed by atoms with E-state index in [0.717, 1.165) is 32.4 Å². The number of ether oxygens (including phenoxy) is 2. The monoisotopic (exact) mass is 342 g/mol. The van der Waals surface area contributed by atoms with Crippen LogP contribution in [0.15, 0.2) is 41.1 Å². The third kappa shape index (κ3) is 3.54. The van der Waals surface area contributed by atoms with Crippen LogP contribution in [0.1, 0.15) is 41.6 Å². The van der Waals surface area contributed by atoms with Crippen LogP contribution >= 0.6 is 0 Å². The largest absolute Gasteiger partial charge is 0.461 e. The zero-order valence-corrected chi connectivity index (χ0v) is 14.1. The molecular formula is C19H22N2O4. The van der Waals surface area contributed by atoms with Gasteiger partial charge in [0.2, 0.25) is 0 Å². The lowest BCUT2D eigenvalue weighted by Gasteiger charge is -2.18. The van der Waals surface area contributed by atoms with E-state index in [0.29, 0.717) is 24.9 Å². The van der Waals surface area contributed by atoms with Crippen LogP contribution in [0, 0.1) is 5.92 Å². The molecule has 2 aliphatic heterocycles. The standard InChI is InChI=1S/C19H22N2O4/c22-19(17-18(25-13-20-17)16-7-4-10-23-16)24-12-14-8-9-21(11-14)15-5-2-1-3-6-15/h1-3,5-6,13-14,16H,4,7-12H2/t14-,16-/m1/s1. The highest BCUT2D eigenvalue weighted by atomic mass is 16.5.